The molecule has 0 heterocycles. The van der Waals surface area contributed by atoms with E-state index in [0.29, 0.717) is 5.56 Å². The van der Waals surface area contributed by atoms with Crippen LogP contribution < -0.4 is 0 Å². The van der Waals surface area contributed by atoms with Gasteiger partial charge in [0, 0.05) is 11.6 Å². The Morgan fingerprint density at radius 1 is 1.27 bits per heavy atom. The average Bonchev–Trinajstić information content (AvgIpc) is 2.26. The summed E-state index contributed by atoms with van der Waals surface area (Å²) in [5, 5.41) is 0. The van der Waals surface area contributed by atoms with Gasteiger partial charge in [-0.3, -0.25) is 0 Å². The fourth-order valence-corrected chi connectivity index (χ4v) is 1.05. The second-order valence-corrected chi connectivity index (χ2v) is 3.02. The maximum absolute atomic E-state index is 11.1. The third kappa shape index (κ3) is 3.59. The molecule has 0 unspecified atom stereocenters. The lowest BCUT2D eigenvalue weighted by atomic mass is 10.1. The normalized spacial score (nSPS) is 9.47. The Labute approximate surface area is 91.7 Å². The van der Waals surface area contributed by atoms with Gasteiger partial charge in [-0.1, -0.05) is 12.1 Å². The van der Waals surface area contributed by atoms with Gasteiger partial charge >= 0.3 is 11.4 Å². The van der Waals surface area contributed by atoms with Gasteiger partial charge in [0.2, 0.25) is 0 Å². The summed E-state index contributed by atoms with van der Waals surface area (Å²) in [6.07, 6.45) is 0. The van der Waals surface area contributed by atoms with Crippen molar-refractivity contribution in [1.29, 1.82) is 0 Å². The molecule has 0 radical (unpaired) electrons. The predicted octanol–water partition coefficient (Wildman–Crippen LogP) is 2.35. The van der Waals surface area contributed by atoms with Crippen LogP contribution in [0.5, 0.6) is 0 Å². The largest absolute Gasteiger partial charge is 0.465 e. The minimum Gasteiger partial charge on any atom is -0.465 e. The van der Waals surface area contributed by atoms with Gasteiger partial charge < -0.3 is 9.47 Å². The lowest BCUT2D eigenvalue weighted by Crippen LogP contribution is -2.01. The van der Waals surface area contributed by atoms with Gasteiger partial charge in [-0.15, -0.1) is 0 Å². The molecule has 0 aliphatic heterocycles. The van der Waals surface area contributed by atoms with Crippen LogP contribution in [0.4, 0.5) is 4.79 Å². The van der Waals surface area contributed by atoms with Crippen molar-refractivity contribution in [3.05, 3.63) is 35.4 Å². The molecule has 0 amide bonds. The van der Waals surface area contributed by atoms with Gasteiger partial charge in [0.25, 0.3) is 0 Å². The van der Waals surface area contributed by atoms with E-state index in [2.05, 4.69) is 9.47 Å². The highest BCUT2D eigenvalue weighted by Crippen LogP contribution is 2.07. The van der Waals surface area contributed by atoms with Crippen molar-refractivity contribution >= 4 is 23.0 Å². The number of hydrogen-bond acceptors (Lipinski definition) is 4. The van der Waals surface area contributed by atoms with Crippen molar-refractivity contribution in [3.8, 4) is 0 Å². The summed E-state index contributed by atoms with van der Waals surface area (Å²) in [6.45, 7) is 0.0871. The summed E-state index contributed by atoms with van der Waals surface area (Å²) in [5.41, 5.74) is 0.335. The predicted molar refractivity (Wildman–Crippen MR) is 53.8 cm³/mol. The molecule has 1 rings (SSSR count). The SMILES string of the molecule is COC(=O)c1ccc(COC(=O)Cl)cc1. The van der Waals surface area contributed by atoms with E-state index in [9.17, 15) is 9.59 Å². The second-order valence-electron chi connectivity index (χ2n) is 2.71. The molecule has 0 N–H and O–H groups in total. The molecule has 80 valence electrons. The second kappa shape index (κ2) is 5.36. The van der Waals surface area contributed by atoms with E-state index in [0.717, 1.165) is 5.56 Å². The smallest absolute Gasteiger partial charge is 0.404 e. The first kappa shape index (κ1) is 11.5. The molecule has 15 heavy (non-hydrogen) atoms. The van der Waals surface area contributed by atoms with Gasteiger partial charge in [-0.2, -0.15) is 0 Å². The Morgan fingerprint density at radius 2 is 1.87 bits per heavy atom. The summed E-state index contributed by atoms with van der Waals surface area (Å²) >= 11 is 5.00. The summed E-state index contributed by atoms with van der Waals surface area (Å²) in [7, 11) is 1.31. The van der Waals surface area contributed by atoms with Crippen LogP contribution in [0.3, 0.4) is 0 Å². The average molecular weight is 229 g/mol. The van der Waals surface area contributed by atoms with E-state index in [1.807, 2.05) is 0 Å². The van der Waals surface area contributed by atoms with E-state index in [1.54, 1.807) is 24.3 Å². The highest BCUT2D eigenvalue weighted by Gasteiger charge is 2.04. The Balaban J connectivity index is 2.64. The Bertz CT molecular complexity index is 358. The first-order chi connectivity index (χ1) is 7.13. The molecule has 0 saturated heterocycles. The van der Waals surface area contributed by atoms with Crippen LogP contribution in [-0.4, -0.2) is 18.5 Å². The molecule has 0 spiro atoms. The number of rotatable bonds is 3. The molecule has 5 heteroatoms. The zero-order valence-electron chi connectivity index (χ0n) is 8.03. The van der Waals surface area contributed by atoms with Crippen LogP contribution in [0, 0.1) is 0 Å². The zero-order valence-corrected chi connectivity index (χ0v) is 8.78. The molecule has 0 aliphatic rings. The third-order valence-corrected chi connectivity index (χ3v) is 1.84. The number of carbonyl (C=O) groups excluding carboxylic acids is 2. The molecule has 0 aliphatic carbocycles. The first-order valence-corrected chi connectivity index (χ1v) is 4.51. The zero-order chi connectivity index (χ0) is 11.3. The molecule has 0 atom stereocenters. The molecule has 0 fully saturated rings. The van der Waals surface area contributed by atoms with Crippen LogP contribution >= 0.6 is 11.6 Å². The van der Waals surface area contributed by atoms with Crippen molar-refractivity contribution in [2.45, 2.75) is 6.61 Å². The topological polar surface area (TPSA) is 52.6 Å². The summed E-state index contributed by atoms with van der Waals surface area (Å²) < 4.78 is 9.09. The maximum atomic E-state index is 11.1. The van der Waals surface area contributed by atoms with Gasteiger partial charge in [-0.25, -0.2) is 9.59 Å². The fourth-order valence-electron chi connectivity index (χ4n) is 0.995. The highest BCUT2D eigenvalue weighted by atomic mass is 35.5. The lowest BCUT2D eigenvalue weighted by Gasteiger charge is -2.02. The van der Waals surface area contributed by atoms with E-state index in [1.165, 1.54) is 7.11 Å². The number of esters is 1. The molecular formula is C10H9ClO4. The Morgan fingerprint density at radius 3 is 2.33 bits per heavy atom. The first-order valence-electron chi connectivity index (χ1n) is 4.13. The highest BCUT2D eigenvalue weighted by molar-refractivity contribution is 6.61. The van der Waals surface area contributed by atoms with Crippen molar-refractivity contribution in [2.24, 2.45) is 0 Å². The van der Waals surface area contributed by atoms with E-state index >= 15 is 0 Å². The van der Waals surface area contributed by atoms with Gasteiger partial charge in [0.15, 0.2) is 0 Å². The molecular weight excluding hydrogens is 220 g/mol. The monoisotopic (exact) mass is 228 g/mol. The number of ether oxygens (including phenoxy) is 2. The number of methoxy groups -OCH3 is 1. The van der Waals surface area contributed by atoms with Gasteiger partial charge in [-0.05, 0) is 17.7 Å². The van der Waals surface area contributed by atoms with E-state index in [-0.39, 0.29) is 6.61 Å². The number of benzene rings is 1. The van der Waals surface area contributed by atoms with Crippen LogP contribution in [0.15, 0.2) is 24.3 Å². The number of carbonyl (C=O) groups is 2. The van der Waals surface area contributed by atoms with Crippen LogP contribution in [-0.2, 0) is 16.1 Å². The molecule has 0 aromatic heterocycles. The molecule has 0 bridgehead atoms. The van der Waals surface area contributed by atoms with Crippen LogP contribution in [0.1, 0.15) is 15.9 Å². The molecule has 0 saturated carbocycles. The van der Waals surface area contributed by atoms with E-state index < -0.39 is 11.4 Å². The van der Waals surface area contributed by atoms with Crippen molar-refractivity contribution in [1.82, 2.24) is 0 Å². The summed E-state index contributed by atoms with van der Waals surface area (Å²) in [5.74, 6) is -0.407. The Hall–Kier alpha value is -1.55. The third-order valence-electron chi connectivity index (χ3n) is 1.73. The molecule has 1 aromatic carbocycles. The van der Waals surface area contributed by atoms with Crippen molar-refractivity contribution < 1.29 is 19.1 Å². The molecule has 4 nitrogen and oxygen atoms in total. The molecule has 1 aromatic rings. The maximum Gasteiger partial charge on any atom is 0.404 e. The summed E-state index contributed by atoms with van der Waals surface area (Å²) in [6, 6.07) is 6.49. The summed E-state index contributed by atoms with van der Waals surface area (Å²) in [4.78, 5) is 21.4. The number of halogens is 1. The fraction of sp³-hybridized carbons (Fsp3) is 0.200. The van der Waals surface area contributed by atoms with E-state index in [4.69, 9.17) is 11.6 Å². The van der Waals surface area contributed by atoms with Gasteiger partial charge in [0.05, 0.1) is 12.7 Å². The standard InChI is InChI=1S/C10H9ClO4/c1-14-9(12)8-4-2-7(3-5-8)6-15-10(11)13/h2-5H,6H2,1H3. The minimum absolute atomic E-state index is 0.0871. The number of hydrogen-bond donors (Lipinski definition) is 0. The van der Waals surface area contributed by atoms with Gasteiger partial charge in [0.1, 0.15) is 6.61 Å². The lowest BCUT2D eigenvalue weighted by molar-refractivity contribution is 0.0600. The quantitative estimate of drug-likeness (QED) is 0.589. The Kier molecular flexibility index (Phi) is 4.12. The van der Waals surface area contributed by atoms with Crippen LogP contribution in [0.2, 0.25) is 0 Å². The van der Waals surface area contributed by atoms with Crippen molar-refractivity contribution in [2.75, 3.05) is 7.11 Å². The van der Waals surface area contributed by atoms with Crippen molar-refractivity contribution in [3.63, 3.8) is 0 Å². The van der Waals surface area contributed by atoms with Crippen LogP contribution in [0.25, 0.3) is 0 Å². The minimum atomic E-state index is -0.855.